The van der Waals surface area contributed by atoms with Crippen molar-refractivity contribution in [3.05, 3.63) is 60.0 Å². The summed E-state index contributed by atoms with van der Waals surface area (Å²) in [4.78, 5) is 15.8. The van der Waals surface area contributed by atoms with E-state index in [9.17, 15) is 13.5 Å². The van der Waals surface area contributed by atoms with Crippen LogP contribution in [0, 0.1) is 0 Å². The first kappa shape index (κ1) is 21.0. The van der Waals surface area contributed by atoms with Gasteiger partial charge in [0.2, 0.25) is 16.0 Å². The van der Waals surface area contributed by atoms with Crippen molar-refractivity contribution in [1.82, 2.24) is 19.7 Å². The van der Waals surface area contributed by atoms with E-state index in [1.165, 1.54) is 7.05 Å². The Hall–Kier alpha value is -2.88. The summed E-state index contributed by atoms with van der Waals surface area (Å²) in [6.07, 6.45) is 7.23. The number of aromatic nitrogens is 3. The molecule has 1 saturated carbocycles. The molecule has 32 heavy (non-hydrogen) atoms. The topological polar surface area (TPSA) is 108 Å². The van der Waals surface area contributed by atoms with E-state index in [1.54, 1.807) is 50.6 Å². The van der Waals surface area contributed by atoms with Crippen molar-refractivity contribution in [1.29, 1.82) is 0 Å². The molecule has 3 heterocycles. The SMILES string of the molecule is CNS(=O)(=O)c1ccc2c(c1)N(c1ncc(-c3cc(C(C)(C)O)ccn3)cn1)CC21CC1. The van der Waals surface area contributed by atoms with Crippen LogP contribution in [0.4, 0.5) is 11.6 Å². The standard InChI is InChI=1S/C23H25N5O3S/c1-22(2,29)16-6-9-25-19(10-16)15-12-26-21(27-13-15)28-14-23(7-8-23)18-5-4-17(11-20(18)28)32(30,31)24-3/h4-6,9-13,24,29H,7-8,14H2,1-3H3. The van der Waals surface area contributed by atoms with Crippen molar-refractivity contribution in [2.45, 2.75) is 42.6 Å². The van der Waals surface area contributed by atoms with Gasteiger partial charge in [0.05, 0.1) is 16.2 Å². The molecule has 2 aliphatic rings. The molecule has 0 atom stereocenters. The number of aliphatic hydroxyl groups is 1. The number of rotatable bonds is 5. The van der Waals surface area contributed by atoms with Gasteiger partial charge in [-0.05, 0) is 69.1 Å². The molecule has 0 amide bonds. The van der Waals surface area contributed by atoms with E-state index in [0.717, 1.165) is 41.8 Å². The quantitative estimate of drug-likeness (QED) is 0.614. The first-order valence-electron chi connectivity index (χ1n) is 10.5. The Morgan fingerprint density at radius 2 is 1.81 bits per heavy atom. The summed E-state index contributed by atoms with van der Waals surface area (Å²) in [5.74, 6) is 0.524. The molecule has 1 fully saturated rings. The molecule has 0 saturated heterocycles. The molecular weight excluding hydrogens is 426 g/mol. The Bertz CT molecular complexity index is 1300. The van der Waals surface area contributed by atoms with Gasteiger partial charge in [-0.25, -0.2) is 23.1 Å². The number of benzene rings is 1. The summed E-state index contributed by atoms with van der Waals surface area (Å²) < 4.78 is 27.0. The average molecular weight is 452 g/mol. The number of nitrogens with zero attached hydrogens (tertiary/aromatic N) is 4. The second-order valence-electron chi connectivity index (χ2n) is 9.01. The third-order valence-corrected chi connectivity index (χ3v) is 7.78. The highest BCUT2D eigenvalue weighted by Gasteiger charge is 2.52. The molecule has 0 bridgehead atoms. The van der Waals surface area contributed by atoms with E-state index >= 15 is 0 Å². The second kappa shape index (κ2) is 7.06. The van der Waals surface area contributed by atoms with Gasteiger partial charge in [0, 0.05) is 41.8 Å². The summed E-state index contributed by atoms with van der Waals surface area (Å²) >= 11 is 0. The number of hydrogen-bond acceptors (Lipinski definition) is 7. The van der Waals surface area contributed by atoms with E-state index in [4.69, 9.17) is 0 Å². The minimum absolute atomic E-state index is 0.0574. The molecule has 1 aliphatic carbocycles. The van der Waals surface area contributed by atoms with Crippen LogP contribution in [0.2, 0.25) is 0 Å². The number of pyridine rings is 1. The molecule has 9 heteroatoms. The predicted octanol–water partition coefficient (Wildman–Crippen LogP) is 2.86. The molecule has 3 aromatic rings. The van der Waals surface area contributed by atoms with Crippen molar-refractivity contribution in [3.63, 3.8) is 0 Å². The monoisotopic (exact) mass is 451 g/mol. The van der Waals surface area contributed by atoms with Crippen LogP contribution in [0.15, 0.2) is 53.8 Å². The zero-order chi connectivity index (χ0) is 22.7. The van der Waals surface area contributed by atoms with Gasteiger partial charge in [-0.3, -0.25) is 4.98 Å². The van der Waals surface area contributed by atoms with Crippen LogP contribution < -0.4 is 9.62 Å². The average Bonchev–Trinajstić information content (AvgIpc) is 3.50. The van der Waals surface area contributed by atoms with Crippen LogP contribution in [-0.2, 0) is 21.0 Å². The zero-order valence-electron chi connectivity index (χ0n) is 18.2. The molecule has 2 aromatic heterocycles. The molecular formula is C23H25N5O3S. The smallest absolute Gasteiger partial charge is 0.240 e. The van der Waals surface area contributed by atoms with Crippen LogP contribution in [-0.4, -0.2) is 42.1 Å². The highest BCUT2D eigenvalue weighted by molar-refractivity contribution is 7.89. The van der Waals surface area contributed by atoms with E-state index < -0.39 is 15.6 Å². The van der Waals surface area contributed by atoms with Gasteiger partial charge in [-0.15, -0.1) is 0 Å². The molecule has 0 radical (unpaired) electrons. The fraction of sp³-hybridized carbons (Fsp3) is 0.348. The van der Waals surface area contributed by atoms with Crippen LogP contribution in [0.1, 0.15) is 37.8 Å². The van der Waals surface area contributed by atoms with E-state index in [2.05, 4.69) is 19.7 Å². The second-order valence-corrected chi connectivity index (χ2v) is 10.9. The van der Waals surface area contributed by atoms with E-state index in [1.807, 2.05) is 17.0 Å². The Labute approximate surface area is 187 Å². The minimum atomic E-state index is -3.55. The van der Waals surface area contributed by atoms with E-state index in [0.29, 0.717) is 11.6 Å². The first-order valence-corrected chi connectivity index (χ1v) is 12.0. The normalized spacial score (nSPS) is 16.9. The number of hydrogen-bond donors (Lipinski definition) is 2. The maximum Gasteiger partial charge on any atom is 0.240 e. The van der Waals surface area contributed by atoms with Crippen molar-refractivity contribution in [2.75, 3.05) is 18.5 Å². The lowest BCUT2D eigenvalue weighted by Crippen LogP contribution is -2.21. The number of anilines is 2. The third kappa shape index (κ3) is 3.46. The highest BCUT2D eigenvalue weighted by Crippen LogP contribution is 2.57. The largest absolute Gasteiger partial charge is 0.386 e. The van der Waals surface area contributed by atoms with Gasteiger partial charge in [-0.2, -0.15) is 0 Å². The van der Waals surface area contributed by atoms with Crippen molar-refractivity contribution in [2.24, 2.45) is 0 Å². The summed E-state index contributed by atoms with van der Waals surface area (Å²) in [5, 5.41) is 10.3. The number of nitrogens with one attached hydrogen (secondary N) is 1. The van der Waals surface area contributed by atoms with Crippen molar-refractivity contribution in [3.8, 4) is 11.3 Å². The fourth-order valence-corrected chi connectivity index (χ4v) is 5.01. The maximum atomic E-state index is 12.3. The molecule has 1 spiro atoms. The van der Waals surface area contributed by atoms with Crippen molar-refractivity contribution >= 4 is 21.7 Å². The van der Waals surface area contributed by atoms with Gasteiger partial charge in [0.25, 0.3) is 0 Å². The molecule has 5 rings (SSSR count). The van der Waals surface area contributed by atoms with Crippen LogP contribution >= 0.6 is 0 Å². The number of fused-ring (bicyclic) bond motifs is 2. The first-order chi connectivity index (χ1) is 15.1. The molecule has 8 nitrogen and oxygen atoms in total. The zero-order valence-corrected chi connectivity index (χ0v) is 19.0. The Morgan fingerprint density at radius 3 is 2.44 bits per heavy atom. The van der Waals surface area contributed by atoms with E-state index in [-0.39, 0.29) is 10.3 Å². The maximum absolute atomic E-state index is 12.3. The van der Waals surface area contributed by atoms with Gasteiger partial charge in [0.15, 0.2) is 0 Å². The highest BCUT2D eigenvalue weighted by atomic mass is 32.2. The predicted molar refractivity (Wildman–Crippen MR) is 121 cm³/mol. The Kier molecular flexibility index (Phi) is 4.63. The molecule has 166 valence electrons. The molecule has 0 unspecified atom stereocenters. The molecule has 1 aromatic carbocycles. The summed E-state index contributed by atoms with van der Waals surface area (Å²) in [6, 6.07) is 8.91. The molecule has 1 aliphatic heterocycles. The fourth-order valence-electron chi connectivity index (χ4n) is 4.26. The number of sulfonamides is 1. The Morgan fingerprint density at radius 1 is 1.09 bits per heavy atom. The summed E-state index contributed by atoms with van der Waals surface area (Å²) in [5.41, 5.74) is 3.26. The lowest BCUT2D eigenvalue weighted by Gasteiger charge is -2.19. The lowest BCUT2D eigenvalue weighted by atomic mass is 9.98. The summed E-state index contributed by atoms with van der Waals surface area (Å²) in [6.45, 7) is 4.19. The van der Waals surface area contributed by atoms with Gasteiger partial charge >= 0.3 is 0 Å². The molecule has 2 N–H and O–H groups in total. The van der Waals surface area contributed by atoms with Crippen LogP contribution in [0.3, 0.4) is 0 Å². The Balaban J connectivity index is 1.50. The van der Waals surface area contributed by atoms with Crippen molar-refractivity contribution < 1.29 is 13.5 Å². The van der Waals surface area contributed by atoms with Crippen LogP contribution in [0.25, 0.3) is 11.3 Å². The van der Waals surface area contributed by atoms with Crippen LogP contribution in [0.5, 0.6) is 0 Å². The van der Waals surface area contributed by atoms with Gasteiger partial charge in [-0.1, -0.05) is 6.07 Å². The van der Waals surface area contributed by atoms with Gasteiger partial charge in [0.1, 0.15) is 0 Å². The van der Waals surface area contributed by atoms with Gasteiger partial charge < -0.3 is 10.0 Å². The minimum Gasteiger partial charge on any atom is -0.386 e. The summed E-state index contributed by atoms with van der Waals surface area (Å²) in [7, 11) is -2.14. The lowest BCUT2D eigenvalue weighted by molar-refractivity contribution is 0.0785. The third-order valence-electron chi connectivity index (χ3n) is 6.37.